The molecule has 3 rings (SSSR count). The molecule has 2 heterocycles. The van der Waals surface area contributed by atoms with Gasteiger partial charge in [0.15, 0.2) is 0 Å². The van der Waals surface area contributed by atoms with Gasteiger partial charge in [0.2, 0.25) is 5.91 Å². The van der Waals surface area contributed by atoms with E-state index in [1.165, 1.54) is 0 Å². The first kappa shape index (κ1) is 15.3. The van der Waals surface area contributed by atoms with Gasteiger partial charge >= 0.3 is 6.18 Å². The van der Waals surface area contributed by atoms with Crippen LogP contribution in [0.5, 0.6) is 0 Å². The highest BCUT2D eigenvalue weighted by molar-refractivity contribution is 5.95. The number of rotatable bonds is 3. The monoisotopic (exact) mass is 326 g/mol. The molecule has 2 aromatic heterocycles. The largest absolute Gasteiger partial charge is 0.417 e. The average molecular weight is 326 g/mol. The topological polar surface area (TPSA) is 79.8 Å². The van der Waals surface area contributed by atoms with Crippen molar-refractivity contribution in [1.29, 1.82) is 0 Å². The van der Waals surface area contributed by atoms with Gasteiger partial charge < -0.3 is 10.3 Å². The predicted molar refractivity (Wildman–Crippen MR) is 74.8 cm³/mol. The van der Waals surface area contributed by atoms with Crippen molar-refractivity contribution >= 4 is 11.6 Å². The molecule has 1 aliphatic rings. The van der Waals surface area contributed by atoms with E-state index in [9.17, 15) is 22.8 Å². The number of pyridine rings is 1. The maximum absolute atomic E-state index is 12.6. The number of aryl methyl sites for hydroxylation is 1. The molecule has 0 aromatic carbocycles. The van der Waals surface area contributed by atoms with Gasteiger partial charge in [0, 0.05) is 25.4 Å². The Morgan fingerprint density at radius 2 is 2.22 bits per heavy atom. The van der Waals surface area contributed by atoms with E-state index in [0.717, 1.165) is 5.56 Å². The van der Waals surface area contributed by atoms with Crippen LogP contribution in [-0.2, 0) is 18.0 Å². The van der Waals surface area contributed by atoms with Crippen LogP contribution in [0.2, 0.25) is 0 Å². The molecule has 1 aliphatic carbocycles. The second-order valence-corrected chi connectivity index (χ2v) is 5.51. The highest BCUT2D eigenvalue weighted by Gasteiger charge is 2.44. The summed E-state index contributed by atoms with van der Waals surface area (Å²) < 4.78 is 39.6. The summed E-state index contributed by atoms with van der Waals surface area (Å²) in [6.07, 6.45) is -0.00644. The lowest BCUT2D eigenvalue weighted by Gasteiger charge is -2.09. The van der Waals surface area contributed by atoms with Gasteiger partial charge in [-0.1, -0.05) is 0 Å². The van der Waals surface area contributed by atoms with E-state index in [2.05, 4.69) is 10.4 Å². The van der Waals surface area contributed by atoms with Gasteiger partial charge in [0.05, 0.1) is 11.8 Å². The molecule has 2 aromatic rings. The van der Waals surface area contributed by atoms with Gasteiger partial charge in [0.1, 0.15) is 5.69 Å². The van der Waals surface area contributed by atoms with Crippen LogP contribution in [0.15, 0.2) is 29.5 Å². The van der Waals surface area contributed by atoms with Gasteiger partial charge in [-0.15, -0.1) is 0 Å². The molecular weight excluding hydrogens is 313 g/mol. The van der Waals surface area contributed by atoms with Crippen molar-refractivity contribution in [2.24, 2.45) is 13.0 Å². The number of carbonyl (C=O) groups excluding carboxylic acids is 1. The number of hydrogen-bond acceptors (Lipinski definition) is 3. The van der Waals surface area contributed by atoms with Crippen molar-refractivity contribution in [2.45, 2.75) is 18.5 Å². The van der Waals surface area contributed by atoms with Gasteiger partial charge in [-0.2, -0.15) is 18.3 Å². The molecule has 0 saturated heterocycles. The number of aromatic amines is 1. The number of nitrogens with zero attached hydrogens (tertiary/aromatic N) is 2. The number of nitrogens with one attached hydrogen (secondary N) is 2. The SMILES string of the molecule is Cn1cc([C@@H]2C[C@H]2C(=O)Nc2cc(C(F)(F)F)c[nH]c2=O)cn1. The summed E-state index contributed by atoms with van der Waals surface area (Å²) in [6, 6.07) is 0.637. The minimum Gasteiger partial charge on any atom is -0.327 e. The zero-order valence-corrected chi connectivity index (χ0v) is 12.0. The van der Waals surface area contributed by atoms with Gasteiger partial charge in [-0.3, -0.25) is 14.3 Å². The Morgan fingerprint density at radius 3 is 2.83 bits per heavy atom. The van der Waals surface area contributed by atoms with Crippen LogP contribution in [0.25, 0.3) is 0 Å². The number of hydrogen-bond donors (Lipinski definition) is 2. The molecule has 0 radical (unpaired) electrons. The van der Waals surface area contributed by atoms with Crippen LogP contribution >= 0.6 is 0 Å². The van der Waals surface area contributed by atoms with E-state index in [1.807, 2.05) is 4.98 Å². The minimum absolute atomic E-state index is 0.0198. The highest BCUT2D eigenvalue weighted by Crippen LogP contribution is 2.47. The Labute approximate surface area is 128 Å². The Hall–Kier alpha value is -2.58. The zero-order valence-electron chi connectivity index (χ0n) is 12.0. The number of H-pyrrole nitrogens is 1. The molecule has 1 fully saturated rings. The smallest absolute Gasteiger partial charge is 0.327 e. The quantitative estimate of drug-likeness (QED) is 0.904. The van der Waals surface area contributed by atoms with Crippen molar-refractivity contribution < 1.29 is 18.0 Å². The molecule has 2 atom stereocenters. The van der Waals surface area contributed by atoms with E-state index in [0.29, 0.717) is 18.7 Å². The van der Waals surface area contributed by atoms with Crippen molar-refractivity contribution in [2.75, 3.05) is 5.32 Å². The molecule has 0 unspecified atom stereocenters. The summed E-state index contributed by atoms with van der Waals surface area (Å²) in [5.41, 5.74) is -1.30. The zero-order chi connectivity index (χ0) is 16.8. The summed E-state index contributed by atoms with van der Waals surface area (Å²) in [6.45, 7) is 0. The number of anilines is 1. The van der Waals surface area contributed by atoms with Gasteiger partial charge in [0.25, 0.3) is 5.56 Å². The number of aromatic nitrogens is 3. The Bertz CT molecular complexity index is 809. The lowest BCUT2D eigenvalue weighted by Crippen LogP contribution is -2.22. The Kier molecular flexibility index (Phi) is 3.50. The second kappa shape index (κ2) is 5.25. The van der Waals surface area contributed by atoms with Crippen molar-refractivity contribution in [1.82, 2.24) is 14.8 Å². The van der Waals surface area contributed by atoms with E-state index < -0.39 is 28.9 Å². The molecule has 0 spiro atoms. The van der Waals surface area contributed by atoms with Crippen molar-refractivity contribution in [3.63, 3.8) is 0 Å². The normalized spacial score (nSPS) is 20.3. The van der Waals surface area contributed by atoms with Crippen LogP contribution in [0, 0.1) is 5.92 Å². The number of amides is 1. The predicted octanol–water partition coefficient (Wildman–Crippen LogP) is 1.87. The lowest BCUT2D eigenvalue weighted by atomic mass is 10.2. The van der Waals surface area contributed by atoms with E-state index >= 15 is 0 Å². The molecule has 0 bridgehead atoms. The second-order valence-electron chi connectivity index (χ2n) is 5.51. The summed E-state index contributed by atoms with van der Waals surface area (Å²) in [5.74, 6) is -0.856. The molecular formula is C14H13F3N4O2. The maximum atomic E-state index is 12.6. The summed E-state index contributed by atoms with van der Waals surface area (Å²) >= 11 is 0. The van der Waals surface area contributed by atoms with Crippen molar-refractivity contribution in [3.8, 4) is 0 Å². The lowest BCUT2D eigenvalue weighted by molar-refractivity contribution is -0.137. The third-order valence-corrected chi connectivity index (χ3v) is 3.77. The van der Waals surface area contributed by atoms with Gasteiger partial charge in [-0.05, 0) is 24.0 Å². The van der Waals surface area contributed by atoms with Crippen LogP contribution < -0.4 is 10.9 Å². The fraction of sp³-hybridized carbons (Fsp3) is 0.357. The molecule has 122 valence electrons. The number of halogens is 3. The molecule has 1 saturated carbocycles. The van der Waals surface area contributed by atoms with E-state index in [4.69, 9.17) is 0 Å². The number of carbonyl (C=O) groups is 1. The van der Waals surface area contributed by atoms with Crippen LogP contribution in [0.3, 0.4) is 0 Å². The van der Waals surface area contributed by atoms with E-state index in [1.54, 1.807) is 24.1 Å². The Balaban J connectivity index is 1.73. The summed E-state index contributed by atoms with van der Waals surface area (Å²) in [4.78, 5) is 25.7. The fourth-order valence-corrected chi connectivity index (χ4v) is 2.45. The van der Waals surface area contributed by atoms with Gasteiger partial charge in [-0.25, -0.2) is 0 Å². The Morgan fingerprint density at radius 1 is 1.48 bits per heavy atom. The van der Waals surface area contributed by atoms with Crippen LogP contribution in [0.4, 0.5) is 18.9 Å². The first-order chi connectivity index (χ1) is 10.8. The molecule has 0 aliphatic heterocycles. The molecule has 2 N–H and O–H groups in total. The molecule has 23 heavy (non-hydrogen) atoms. The molecule has 6 nitrogen and oxygen atoms in total. The maximum Gasteiger partial charge on any atom is 0.417 e. The van der Waals surface area contributed by atoms with Crippen LogP contribution in [-0.4, -0.2) is 20.7 Å². The first-order valence-electron chi connectivity index (χ1n) is 6.85. The van der Waals surface area contributed by atoms with E-state index in [-0.39, 0.29) is 11.8 Å². The fourth-order valence-electron chi connectivity index (χ4n) is 2.45. The minimum atomic E-state index is -4.60. The molecule has 9 heteroatoms. The average Bonchev–Trinajstić information content (AvgIpc) is 3.15. The first-order valence-corrected chi connectivity index (χ1v) is 6.85. The summed E-state index contributed by atoms with van der Waals surface area (Å²) in [5, 5.41) is 6.29. The summed E-state index contributed by atoms with van der Waals surface area (Å²) in [7, 11) is 1.75. The third-order valence-electron chi connectivity index (χ3n) is 3.77. The third kappa shape index (κ3) is 3.13. The highest BCUT2D eigenvalue weighted by atomic mass is 19.4. The van der Waals surface area contributed by atoms with Crippen LogP contribution in [0.1, 0.15) is 23.5 Å². The standard InChI is InChI=1S/C14H13F3N4O2/c1-21-6-7(4-19-21)9-3-10(9)12(22)20-11-2-8(14(15,16)17)5-18-13(11)23/h2,4-6,9-10H,3H2,1H3,(H,18,23)(H,20,22)/t9-,10+/m0/s1. The van der Waals surface area contributed by atoms with Crippen molar-refractivity contribution in [3.05, 3.63) is 46.1 Å². The number of alkyl halides is 3. The molecule has 1 amide bonds.